The van der Waals surface area contributed by atoms with Crippen molar-refractivity contribution in [3.8, 4) is 33.4 Å². The summed E-state index contributed by atoms with van der Waals surface area (Å²) < 4.78 is 37.2. The summed E-state index contributed by atoms with van der Waals surface area (Å²) in [6.07, 6.45) is 0. The van der Waals surface area contributed by atoms with E-state index >= 15 is 0 Å². The van der Waals surface area contributed by atoms with E-state index in [2.05, 4.69) is 122 Å². The molecule has 0 aliphatic heterocycles. The molecule has 9 aromatic carbocycles. The van der Waals surface area contributed by atoms with E-state index in [1.165, 1.54) is 32.7 Å². The van der Waals surface area contributed by atoms with Crippen LogP contribution in [0.2, 0.25) is 0 Å². The van der Waals surface area contributed by atoms with Crippen LogP contribution in [0.3, 0.4) is 0 Å². The van der Waals surface area contributed by atoms with Gasteiger partial charge in [0.05, 0.1) is 5.48 Å². The molecule has 0 heterocycles. The standard InChI is InChI=1S/C48H32/c1-48(40-11-3-2-4-12-40)45-26-24-34-10-6-8-14-42(34)47(45)43-25-23-37(30-46(43)48)32-17-15-31(16-18-32)35-20-21-36-27-38-22-19-33-9-5-7-13-41(33)44(38)29-39(36)28-35/h2-30H,1H3/i15D,16D,17D,18D. The van der Waals surface area contributed by atoms with E-state index in [9.17, 15) is 5.48 Å². The summed E-state index contributed by atoms with van der Waals surface area (Å²) in [6, 6.07) is 52.4. The maximum absolute atomic E-state index is 9.33. The highest BCUT2D eigenvalue weighted by molar-refractivity contribution is 6.12. The van der Waals surface area contributed by atoms with E-state index in [0.29, 0.717) is 22.3 Å². The Morgan fingerprint density at radius 3 is 1.79 bits per heavy atom. The van der Waals surface area contributed by atoms with Crippen molar-refractivity contribution in [2.45, 2.75) is 12.3 Å². The summed E-state index contributed by atoms with van der Waals surface area (Å²) in [5.41, 5.74) is 7.31. The number of hydrogen-bond acceptors (Lipinski definition) is 0. The summed E-state index contributed by atoms with van der Waals surface area (Å²) >= 11 is 0. The van der Waals surface area contributed by atoms with Gasteiger partial charge in [0, 0.05) is 5.41 Å². The van der Waals surface area contributed by atoms with Crippen LogP contribution in [0.5, 0.6) is 0 Å². The summed E-state index contributed by atoms with van der Waals surface area (Å²) in [5.74, 6) is 0. The van der Waals surface area contributed by atoms with Gasteiger partial charge in [-0.25, -0.2) is 0 Å². The van der Waals surface area contributed by atoms with Crippen molar-refractivity contribution in [2.75, 3.05) is 0 Å². The lowest BCUT2D eigenvalue weighted by Gasteiger charge is -2.28. The van der Waals surface area contributed by atoms with Crippen LogP contribution in [0.25, 0.3) is 76.5 Å². The second-order valence-corrected chi connectivity index (χ2v) is 13.1. The SMILES string of the molecule is [2H]c1c([2H])c(-c2ccc3cc4ccc5ccccc5c4cc3c2)c([2H])c([2H])c1-c1ccc2c(c1)C(C)(c1ccccc1)c1ccc3ccccc3c1-2. The Kier molecular flexibility index (Phi) is 4.99. The molecule has 0 bridgehead atoms. The molecule has 0 heteroatoms. The Morgan fingerprint density at radius 1 is 0.396 bits per heavy atom. The highest BCUT2D eigenvalue weighted by Crippen LogP contribution is 2.55. The zero-order valence-electron chi connectivity index (χ0n) is 30.4. The fraction of sp³-hybridized carbons (Fsp3) is 0.0417. The van der Waals surface area contributed by atoms with Gasteiger partial charge in [0.1, 0.15) is 0 Å². The van der Waals surface area contributed by atoms with E-state index in [1.54, 1.807) is 0 Å². The average molecular weight is 613 g/mol. The van der Waals surface area contributed by atoms with Crippen LogP contribution >= 0.6 is 0 Å². The maximum atomic E-state index is 9.33. The van der Waals surface area contributed by atoms with Crippen molar-refractivity contribution in [3.05, 3.63) is 193 Å². The Hall–Kier alpha value is -5.98. The van der Waals surface area contributed by atoms with Gasteiger partial charge in [-0.05, 0) is 124 Å². The quantitative estimate of drug-likeness (QED) is 0.138. The van der Waals surface area contributed by atoms with Gasteiger partial charge in [-0.1, -0.05) is 152 Å². The molecule has 1 aliphatic carbocycles. The van der Waals surface area contributed by atoms with Gasteiger partial charge in [0.2, 0.25) is 0 Å². The van der Waals surface area contributed by atoms with Crippen molar-refractivity contribution < 1.29 is 5.48 Å². The molecule has 9 aromatic rings. The minimum Gasteiger partial charge on any atom is -0.0622 e. The van der Waals surface area contributed by atoms with Crippen molar-refractivity contribution in [3.63, 3.8) is 0 Å². The van der Waals surface area contributed by atoms with Crippen molar-refractivity contribution in [1.82, 2.24) is 0 Å². The van der Waals surface area contributed by atoms with Crippen LogP contribution in [0, 0.1) is 0 Å². The summed E-state index contributed by atoms with van der Waals surface area (Å²) in [6.45, 7) is 2.26. The number of benzene rings is 9. The number of rotatable bonds is 3. The van der Waals surface area contributed by atoms with Gasteiger partial charge in [-0.3, -0.25) is 0 Å². The second-order valence-electron chi connectivity index (χ2n) is 13.1. The van der Waals surface area contributed by atoms with Crippen LogP contribution in [-0.2, 0) is 5.41 Å². The van der Waals surface area contributed by atoms with Crippen molar-refractivity contribution >= 4 is 43.1 Å². The molecule has 0 radical (unpaired) electrons. The molecule has 1 unspecified atom stereocenters. The molecule has 48 heavy (non-hydrogen) atoms. The summed E-state index contributed by atoms with van der Waals surface area (Å²) in [4.78, 5) is 0. The first-order valence-corrected chi connectivity index (χ1v) is 16.5. The molecule has 0 N–H and O–H groups in total. The van der Waals surface area contributed by atoms with Crippen molar-refractivity contribution in [1.29, 1.82) is 0 Å². The van der Waals surface area contributed by atoms with Crippen LogP contribution in [0.4, 0.5) is 0 Å². The van der Waals surface area contributed by atoms with Gasteiger partial charge >= 0.3 is 0 Å². The molecule has 0 aromatic heterocycles. The lowest BCUT2D eigenvalue weighted by molar-refractivity contribution is 0.714. The van der Waals surface area contributed by atoms with E-state index in [1.807, 2.05) is 36.4 Å². The zero-order chi connectivity index (χ0) is 35.3. The highest BCUT2D eigenvalue weighted by atomic mass is 14.4. The first kappa shape index (κ1) is 23.4. The first-order valence-electron chi connectivity index (χ1n) is 18.5. The Balaban J connectivity index is 1.15. The third-order valence-corrected chi connectivity index (χ3v) is 10.6. The van der Waals surface area contributed by atoms with Gasteiger partial charge in [0.15, 0.2) is 0 Å². The molecule has 0 spiro atoms. The van der Waals surface area contributed by atoms with Crippen molar-refractivity contribution in [2.24, 2.45) is 0 Å². The molecular formula is C48H32. The van der Waals surface area contributed by atoms with Crippen LogP contribution in [-0.4, -0.2) is 0 Å². The topological polar surface area (TPSA) is 0 Å². The third kappa shape index (κ3) is 3.96. The summed E-state index contributed by atoms with van der Waals surface area (Å²) in [7, 11) is 0. The monoisotopic (exact) mass is 612 g/mol. The largest absolute Gasteiger partial charge is 0.0629 e. The zero-order valence-corrected chi connectivity index (χ0v) is 26.4. The molecule has 1 aliphatic rings. The van der Waals surface area contributed by atoms with E-state index in [0.717, 1.165) is 38.2 Å². The minimum atomic E-state index is -0.482. The van der Waals surface area contributed by atoms with E-state index < -0.39 is 5.41 Å². The van der Waals surface area contributed by atoms with Crippen LogP contribution in [0.15, 0.2) is 176 Å². The fourth-order valence-corrected chi connectivity index (χ4v) is 8.05. The third-order valence-electron chi connectivity index (χ3n) is 10.6. The molecule has 1 atom stereocenters. The second kappa shape index (κ2) is 10.3. The van der Waals surface area contributed by atoms with Gasteiger partial charge < -0.3 is 0 Å². The van der Waals surface area contributed by atoms with Crippen LogP contribution in [0.1, 0.15) is 29.1 Å². The Labute approximate surface area is 286 Å². The predicted molar refractivity (Wildman–Crippen MR) is 205 cm³/mol. The first-order chi connectivity index (χ1) is 25.3. The number of fused-ring (bicyclic) bond motifs is 9. The van der Waals surface area contributed by atoms with E-state index in [-0.39, 0.29) is 24.2 Å². The molecule has 0 saturated heterocycles. The summed E-state index contributed by atoms with van der Waals surface area (Å²) in [5, 5.41) is 9.08. The molecular weight excluding hydrogens is 577 g/mol. The number of hydrogen-bond donors (Lipinski definition) is 0. The van der Waals surface area contributed by atoms with Gasteiger partial charge in [-0.15, -0.1) is 0 Å². The molecule has 0 saturated carbocycles. The predicted octanol–water partition coefficient (Wildman–Crippen LogP) is 13.0. The highest BCUT2D eigenvalue weighted by Gasteiger charge is 2.41. The molecule has 10 rings (SSSR count). The maximum Gasteiger partial charge on any atom is 0.0629 e. The van der Waals surface area contributed by atoms with Gasteiger partial charge in [0.25, 0.3) is 0 Å². The van der Waals surface area contributed by atoms with Crippen LogP contribution < -0.4 is 0 Å². The van der Waals surface area contributed by atoms with E-state index in [4.69, 9.17) is 0 Å². The Bertz CT molecular complexity index is 2930. The Morgan fingerprint density at radius 2 is 1.00 bits per heavy atom. The smallest absolute Gasteiger partial charge is 0.0622 e. The lowest BCUT2D eigenvalue weighted by atomic mass is 9.73. The minimum absolute atomic E-state index is 0.0390. The lowest BCUT2D eigenvalue weighted by Crippen LogP contribution is -2.22. The molecule has 0 amide bonds. The molecule has 0 nitrogen and oxygen atoms in total. The normalized spacial score (nSPS) is 16.4. The van der Waals surface area contributed by atoms with Gasteiger partial charge in [-0.2, -0.15) is 0 Å². The molecule has 0 fully saturated rings. The fourth-order valence-electron chi connectivity index (χ4n) is 8.05. The molecule has 224 valence electrons. The average Bonchev–Trinajstić information content (AvgIpc) is 3.45.